The number of halogens is 1. The van der Waals surface area contributed by atoms with Gasteiger partial charge in [-0.05, 0) is 12.6 Å². The van der Waals surface area contributed by atoms with Gasteiger partial charge in [-0.2, -0.15) is 0 Å². The van der Waals surface area contributed by atoms with Gasteiger partial charge in [0.15, 0.2) is 5.75 Å². The molecule has 100 valence electrons. The van der Waals surface area contributed by atoms with E-state index in [4.69, 9.17) is 16.3 Å². The molecule has 0 amide bonds. The molecule has 0 unspecified atom stereocenters. The number of aromatic nitrogens is 1. The monoisotopic (exact) mass is 269 g/mol. The van der Waals surface area contributed by atoms with Crippen molar-refractivity contribution in [3.8, 4) is 5.75 Å². The number of hydrogen-bond donors (Lipinski definition) is 0. The third kappa shape index (κ3) is 3.34. The normalized spacial score (nSPS) is 17.9. The quantitative estimate of drug-likeness (QED) is 0.835. The number of piperazine rings is 1. The Hall–Kier alpha value is -0.840. The lowest BCUT2D eigenvalue weighted by Crippen LogP contribution is -2.45. The molecule has 1 aromatic rings. The zero-order chi connectivity index (χ0) is 13.0. The maximum absolute atomic E-state index is 6.10. The smallest absolute Gasteiger partial charge is 0.155 e. The van der Waals surface area contributed by atoms with Crippen molar-refractivity contribution >= 4 is 11.6 Å². The van der Waals surface area contributed by atoms with E-state index < -0.39 is 0 Å². The topological polar surface area (TPSA) is 28.6 Å². The first-order valence-corrected chi connectivity index (χ1v) is 6.74. The molecule has 0 aromatic carbocycles. The second-order valence-corrected chi connectivity index (χ2v) is 4.93. The zero-order valence-electron chi connectivity index (χ0n) is 11.0. The third-order valence-corrected chi connectivity index (χ3v) is 3.69. The van der Waals surface area contributed by atoms with Crippen LogP contribution >= 0.6 is 11.6 Å². The summed E-state index contributed by atoms with van der Waals surface area (Å²) in [6.07, 6.45) is 1.69. The van der Waals surface area contributed by atoms with Crippen LogP contribution in [0.5, 0.6) is 5.75 Å². The number of pyridine rings is 1. The summed E-state index contributed by atoms with van der Waals surface area (Å²) in [5.74, 6) is 0.635. The summed E-state index contributed by atoms with van der Waals surface area (Å²) in [5.41, 5.74) is 1.01. The SMILES string of the molecule is CCN1CCN(Cc2cc(Cl)c(OC)cn2)CC1. The average molecular weight is 270 g/mol. The van der Waals surface area contributed by atoms with E-state index in [0.29, 0.717) is 10.8 Å². The molecule has 1 aliphatic rings. The molecule has 0 aliphatic carbocycles. The van der Waals surface area contributed by atoms with Crippen LogP contribution in [0.2, 0.25) is 5.02 Å². The molecule has 2 heterocycles. The number of hydrogen-bond acceptors (Lipinski definition) is 4. The number of ether oxygens (including phenoxy) is 1. The van der Waals surface area contributed by atoms with Crippen molar-refractivity contribution in [2.24, 2.45) is 0 Å². The molecule has 2 rings (SSSR count). The van der Waals surface area contributed by atoms with Gasteiger partial charge in [0.05, 0.1) is 24.0 Å². The Morgan fingerprint density at radius 1 is 1.28 bits per heavy atom. The number of likely N-dealkylation sites (N-methyl/N-ethyl adjacent to an activating group) is 1. The Morgan fingerprint density at radius 3 is 2.50 bits per heavy atom. The molecule has 4 nitrogen and oxygen atoms in total. The largest absolute Gasteiger partial charge is 0.494 e. The molecule has 0 radical (unpaired) electrons. The van der Waals surface area contributed by atoms with Gasteiger partial charge in [0.25, 0.3) is 0 Å². The van der Waals surface area contributed by atoms with Gasteiger partial charge < -0.3 is 9.64 Å². The van der Waals surface area contributed by atoms with E-state index in [1.807, 2.05) is 6.07 Å². The van der Waals surface area contributed by atoms with E-state index in [9.17, 15) is 0 Å². The average Bonchev–Trinajstić information content (AvgIpc) is 2.40. The summed E-state index contributed by atoms with van der Waals surface area (Å²) in [7, 11) is 1.60. The number of rotatable bonds is 4. The van der Waals surface area contributed by atoms with Gasteiger partial charge in [-0.1, -0.05) is 18.5 Å². The van der Waals surface area contributed by atoms with Gasteiger partial charge in [0, 0.05) is 32.7 Å². The summed E-state index contributed by atoms with van der Waals surface area (Å²) < 4.78 is 5.10. The van der Waals surface area contributed by atoms with Crippen LogP contribution in [-0.2, 0) is 6.54 Å². The molecule has 0 atom stereocenters. The van der Waals surface area contributed by atoms with Gasteiger partial charge in [0.2, 0.25) is 0 Å². The van der Waals surface area contributed by atoms with E-state index >= 15 is 0 Å². The molecular formula is C13H20ClN3O. The molecule has 0 spiro atoms. The van der Waals surface area contributed by atoms with Crippen molar-refractivity contribution in [2.75, 3.05) is 39.8 Å². The molecule has 1 aromatic heterocycles. The fourth-order valence-corrected chi connectivity index (χ4v) is 2.44. The summed E-state index contributed by atoms with van der Waals surface area (Å²) >= 11 is 6.10. The maximum atomic E-state index is 6.10. The highest BCUT2D eigenvalue weighted by molar-refractivity contribution is 6.32. The first-order valence-electron chi connectivity index (χ1n) is 6.36. The zero-order valence-corrected chi connectivity index (χ0v) is 11.8. The van der Waals surface area contributed by atoms with Crippen LogP contribution in [-0.4, -0.2) is 54.6 Å². The van der Waals surface area contributed by atoms with Crippen LogP contribution in [0, 0.1) is 0 Å². The molecule has 0 N–H and O–H groups in total. The Labute approximate surface area is 114 Å². The summed E-state index contributed by atoms with van der Waals surface area (Å²) in [5, 5.41) is 0.634. The van der Waals surface area contributed by atoms with E-state index in [-0.39, 0.29) is 0 Å². The Balaban J connectivity index is 1.92. The molecular weight excluding hydrogens is 250 g/mol. The first kappa shape index (κ1) is 13.6. The third-order valence-electron chi connectivity index (χ3n) is 3.39. The highest BCUT2D eigenvalue weighted by atomic mass is 35.5. The van der Waals surface area contributed by atoms with Crippen LogP contribution in [0.1, 0.15) is 12.6 Å². The second kappa shape index (κ2) is 6.36. The molecule has 0 bridgehead atoms. The standard InChI is InChI=1S/C13H20ClN3O/c1-3-16-4-6-17(7-5-16)10-11-8-12(14)13(18-2)9-15-11/h8-9H,3-7,10H2,1-2H3. The lowest BCUT2D eigenvalue weighted by atomic mass is 10.2. The minimum atomic E-state index is 0.634. The van der Waals surface area contributed by atoms with Crippen LogP contribution in [0.15, 0.2) is 12.3 Å². The van der Waals surface area contributed by atoms with Crippen LogP contribution in [0.4, 0.5) is 0 Å². The Kier molecular flexibility index (Phi) is 4.80. The predicted molar refractivity (Wildman–Crippen MR) is 73.2 cm³/mol. The minimum Gasteiger partial charge on any atom is -0.494 e. The van der Waals surface area contributed by atoms with E-state index in [0.717, 1.165) is 45.0 Å². The van der Waals surface area contributed by atoms with Crippen molar-refractivity contribution < 1.29 is 4.74 Å². The minimum absolute atomic E-state index is 0.634. The van der Waals surface area contributed by atoms with E-state index in [1.54, 1.807) is 13.3 Å². The highest BCUT2D eigenvalue weighted by Crippen LogP contribution is 2.23. The molecule has 1 fully saturated rings. The Morgan fingerprint density at radius 2 is 1.94 bits per heavy atom. The van der Waals surface area contributed by atoms with E-state index in [1.165, 1.54) is 0 Å². The number of nitrogens with zero attached hydrogens (tertiary/aromatic N) is 3. The fourth-order valence-electron chi connectivity index (χ4n) is 2.19. The lowest BCUT2D eigenvalue weighted by molar-refractivity contribution is 0.131. The molecule has 1 saturated heterocycles. The van der Waals surface area contributed by atoms with E-state index in [2.05, 4.69) is 21.7 Å². The molecule has 18 heavy (non-hydrogen) atoms. The lowest BCUT2D eigenvalue weighted by Gasteiger charge is -2.33. The van der Waals surface area contributed by atoms with Gasteiger partial charge in [-0.15, -0.1) is 0 Å². The highest BCUT2D eigenvalue weighted by Gasteiger charge is 2.16. The van der Waals surface area contributed by atoms with Crippen molar-refractivity contribution in [1.29, 1.82) is 0 Å². The summed E-state index contributed by atoms with van der Waals surface area (Å²) in [4.78, 5) is 9.26. The fraction of sp³-hybridized carbons (Fsp3) is 0.615. The van der Waals surface area contributed by atoms with Gasteiger partial charge in [-0.3, -0.25) is 9.88 Å². The van der Waals surface area contributed by atoms with Crippen molar-refractivity contribution in [3.63, 3.8) is 0 Å². The number of methoxy groups -OCH3 is 1. The van der Waals surface area contributed by atoms with Crippen molar-refractivity contribution in [1.82, 2.24) is 14.8 Å². The Bertz CT molecular complexity index is 392. The first-order chi connectivity index (χ1) is 8.72. The van der Waals surface area contributed by atoms with Gasteiger partial charge >= 0.3 is 0 Å². The maximum Gasteiger partial charge on any atom is 0.155 e. The summed E-state index contributed by atoms with van der Waals surface area (Å²) in [6.45, 7) is 8.68. The summed E-state index contributed by atoms with van der Waals surface area (Å²) in [6, 6.07) is 1.90. The molecule has 0 saturated carbocycles. The van der Waals surface area contributed by atoms with Crippen LogP contribution in [0.3, 0.4) is 0 Å². The predicted octanol–water partition coefficient (Wildman–Crippen LogP) is 1.88. The van der Waals surface area contributed by atoms with Crippen molar-refractivity contribution in [3.05, 3.63) is 23.0 Å². The second-order valence-electron chi connectivity index (χ2n) is 4.52. The van der Waals surface area contributed by atoms with Crippen LogP contribution in [0.25, 0.3) is 0 Å². The van der Waals surface area contributed by atoms with Crippen LogP contribution < -0.4 is 4.74 Å². The molecule has 5 heteroatoms. The van der Waals surface area contributed by atoms with Crippen molar-refractivity contribution in [2.45, 2.75) is 13.5 Å². The van der Waals surface area contributed by atoms with Gasteiger partial charge in [-0.25, -0.2) is 0 Å². The molecule has 1 aliphatic heterocycles. The van der Waals surface area contributed by atoms with Gasteiger partial charge in [0.1, 0.15) is 0 Å².